The van der Waals surface area contributed by atoms with Gasteiger partial charge in [0.25, 0.3) is 11.6 Å². The average Bonchev–Trinajstić information content (AvgIpc) is 2.38. The van der Waals surface area contributed by atoms with Crippen LogP contribution >= 0.6 is 0 Å². The molecule has 1 amide bonds. The minimum Gasteiger partial charge on any atom is -0.469 e. The molecule has 1 rings (SSSR count). The Balaban J connectivity index is 2.73. The number of nitrogens with one attached hydrogen (secondary N) is 1. The predicted octanol–water partition coefficient (Wildman–Crippen LogP) is 1.20. The molecule has 1 aromatic rings. The van der Waals surface area contributed by atoms with Crippen LogP contribution in [0.5, 0.6) is 0 Å². The van der Waals surface area contributed by atoms with Crippen molar-refractivity contribution in [3.63, 3.8) is 0 Å². The smallest absolute Gasteiger partial charge is 0.307 e. The molecule has 7 heteroatoms. The number of esters is 1. The lowest BCUT2D eigenvalue weighted by atomic mass is 10.1. The first-order valence-electron chi connectivity index (χ1n) is 5.55. The fourth-order valence-corrected chi connectivity index (χ4v) is 1.44. The lowest BCUT2D eigenvalue weighted by molar-refractivity contribution is -0.384. The third-order valence-electron chi connectivity index (χ3n) is 2.52. The summed E-state index contributed by atoms with van der Waals surface area (Å²) in [7, 11) is 1.26. The highest BCUT2D eigenvalue weighted by Crippen LogP contribution is 2.17. The normalized spacial score (nSPS) is 9.79. The quantitative estimate of drug-likeness (QED) is 0.490. The zero-order valence-electron chi connectivity index (χ0n) is 10.6. The summed E-state index contributed by atoms with van der Waals surface area (Å²) in [5.74, 6) is -0.888. The highest BCUT2D eigenvalue weighted by atomic mass is 16.6. The van der Waals surface area contributed by atoms with Gasteiger partial charge in [0.05, 0.1) is 18.5 Å². The molecule has 0 fully saturated rings. The van der Waals surface area contributed by atoms with E-state index in [4.69, 9.17) is 0 Å². The molecule has 0 aromatic heterocycles. The van der Waals surface area contributed by atoms with Crippen molar-refractivity contribution in [2.24, 2.45) is 0 Å². The topological polar surface area (TPSA) is 98.5 Å². The van der Waals surface area contributed by atoms with Gasteiger partial charge in [-0.15, -0.1) is 0 Å². The largest absolute Gasteiger partial charge is 0.469 e. The number of non-ortho nitro benzene ring substituents is 1. The van der Waals surface area contributed by atoms with E-state index in [1.807, 2.05) is 0 Å². The van der Waals surface area contributed by atoms with Crippen LogP contribution < -0.4 is 5.32 Å². The van der Waals surface area contributed by atoms with Crippen LogP contribution in [-0.4, -0.2) is 30.5 Å². The second-order valence-electron chi connectivity index (χ2n) is 3.84. The average molecular weight is 266 g/mol. The second kappa shape index (κ2) is 6.48. The highest BCUT2D eigenvalue weighted by molar-refractivity contribution is 5.96. The van der Waals surface area contributed by atoms with Crippen molar-refractivity contribution < 1.29 is 19.2 Å². The van der Waals surface area contributed by atoms with Crippen molar-refractivity contribution in [1.29, 1.82) is 0 Å². The molecule has 1 aromatic carbocycles. The number of hydrogen-bond donors (Lipinski definition) is 1. The molecule has 0 aliphatic heterocycles. The molecular formula is C12H14N2O5. The standard InChI is InChI=1S/C12H14N2O5/c1-8-3-4-9(14(17)18)7-10(8)12(16)13-6-5-11(15)19-2/h3-4,7H,5-6H2,1-2H3,(H,13,16). The van der Waals surface area contributed by atoms with Crippen LogP contribution in [-0.2, 0) is 9.53 Å². The van der Waals surface area contributed by atoms with Gasteiger partial charge in [-0.25, -0.2) is 0 Å². The van der Waals surface area contributed by atoms with Gasteiger partial charge in [-0.05, 0) is 12.5 Å². The van der Waals surface area contributed by atoms with Gasteiger partial charge in [0.2, 0.25) is 0 Å². The van der Waals surface area contributed by atoms with Crippen molar-refractivity contribution >= 4 is 17.6 Å². The molecule has 0 aliphatic rings. The Morgan fingerprint density at radius 1 is 1.42 bits per heavy atom. The van der Waals surface area contributed by atoms with Gasteiger partial charge in [-0.2, -0.15) is 0 Å². The third-order valence-corrected chi connectivity index (χ3v) is 2.52. The summed E-state index contributed by atoms with van der Waals surface area (Å²) < 4.78 is 4.43. The van der Waals surface area contributed by atoms with E-state index in [0.29, 0.717) is 5.56 Å². The molecular weight excluding hydrogens is 252 g/mol. The summed E-state index contributed by atoms with van der Waals surface area (Å²) >= 11 is 0. The van der Waals surface area contributed by atoms with Crippen LogP contribution in [0.25, 0.3) is 0 Å². The number of hydrogen-bond acceptors (Lipinski definition) is 5. The van der Waals surface area contributed by atoms with E-state index in [1.165, 1.54) is 25.3 Å². The van der Waals surface area contributed by atoms with Crippen LogP contribution in [0.1, 0.15) is 22.3 Å². The molecule has 1 N–H and O–H groups in total. The van der Waals surface area contributed by atoms with Crippen molar-refractivity contribution in [3.8, 4) is 0 Å². The molecule has 102 valence electrons. The molecule has 0 spiro atoms. The van der Waals surface area contributed by atoms with Crippen LogP contribution in [0.15, 0.2) is 18.2 Å². The Hall–Kier alpha value is -2.44. The maximum atomic E-state index is 11.8. The second-order valence-corrected chi connectivity index (χ2v) is 3.84. The van der Waals surface area contributed by atoms with Crippen LogP contribution in [0.2, 0.25) is 0 Å². The van der Waals surface area contributed by atoms with E-state index in [0.717, 1.165) is 0 Å². The van der Waals surface area contributed by atoms with Crippen molar-refractivity contribution in [2.45, 2.75) is 13.3 Å². The van der Waals surface area contributed by atoms with E-state index in [2.05, 4.69) is 10.1 Å². The first-order chi connectivity index (χ1) is 8.95. The van der Waals surface area contributed by atoms with Crippen LogP contribution in [0, 0.1) is 17.0 Å². The van der Waals surface area contributed by atoms with Gasteiger partial charge < -0.3 is 10.1 Å². The van der Waals surface area contributed by atoms with Gasteiger partial charge in [-0.1, -0.05) is 6.07 Å². The number of aryl methyl sites for hydroxylation is 1. The van der Waals surface area contributed by atoms with E-state index in [1.54, 1.807) is 6.92 Å². The van der Waals surface area contributed by atoms with Crippen LogP contribution in [0.3, 0.4) is 0 Å². The maximum Gasteiger partial charge on any atom is 0.307 e. The monoisotopic (exact) mass is 266 g/mol. The Bertz CT molecular complexity index is 513. The first-order valence-corrected chi connectivity index (χ1v) is 5.55. The van der Waals surface area contributed by atoms with Gasteiger partial charge >= 0.3 is 5.97 Å². The lowest BCUT2D eigenvalue weighted by Gasteiger charge is -2.07. The Morgan fingerprint density at radius 2 is 2.11 bits per heavy atom. The highest BCUT2D eigenvalue weighted by Gasteiger charge is 2.14. The van der Waals surface area contributed by atoms with E-state index in [9.17, 15) is 19.7 Å². The Labute approximate surface area is 109 Å². The van der Waals surface area contributed by atoms with Gasteiger partial charge in [0.15, 0.2) is 0 Å². The molecule has 0 bridgehead atoms. The van der Waals surface area contributed by atoms with Gasteiger partial charge in [0, 0.05) is 24.2 Å². The minimum atomic E-state index is -0.565. The maximum absolute atomic E-state index is 11.8. The molecule has 0 saturated carbocycles. The van der Waals surface area contributed by atoms with E-state index >= 15 is 0 Å². The number of rotatable bonds is 5. The molecule has 0 radical (unpaired) electrons. The summed E-state index contributed by atoms with van der Waals surface area (Å²) in [6, 6.07) is 4.05. The molecule has 7 nitrogen and oxygen atoms in total. The SMILES string of the molecule is COC(=O)CCNC(=O)c1cc([N+](=O)[O-])ccc1C. The van der Waals surface area contributed by atoms with Crippen molar-refractivity contribution in [2.75, 3.05) is 13.7 Å². The Kier molecular flexibility index (Phi) is 4.99. The number of nitrogens with zero attached hydrogens (tertiary/aromatic N) is 1. The molecule has 19 heavy (non-hydrogen) atoms. The van der Waals surface area contributed by atoms with Crippen LogP contribution in [0.4, 0.5) is 5.69 Å². The molecule has 0 heterocycles. The van der Waals surface area contributed by atoms with Crippen molar-refractivity contribution in [1.82, 2.24) is 5.32 Å². The fourth-order valence-electron chi connectivity index (χ4n) is 1.44. The zero-order chi connectivity index (χ0) is 14.4. The summed E-state index contributed by atoms with van der Waals surface area (Å²) in [6.45, 7) is 1.80. The number of carbonyl (C=O) groups is 2. The summed E-state index contributed by atoms with van der Waals surface area (Å²) in [4.78, 5) is 32.8. The number of ether oxygens (including phenoxy) is 1. The zero-order valence-corrected chi connectivity index (χ0v) is 10.6. The number of amides is 1. The Morgan fingerprint density at radius 3 is 2.68 bits per heavy atom. The molecule has 0 atom stereocenters. The lowest BCUT2D eigenvalue weighted by Crippen LogP contribution is -2.27. The predicted molar refractivity (Wildman–Crippen MR) is 66.8 cm³/mol. The van der Waals surface area contributed by atoms with E-state index < -0.39 is 16.8 Å². The summed E-state index contributed by atoms with van der Waals surface area (Å²) in [5, 5.41) is 13.2. The summed E-state index contributed by atoms with van der Waals surface area (Å²) in [5.41, 5.74) is 0.698. The first kappa shape index (κ1) is 14.6. The number of methoxy groups -OCH3 is 1. The minimum absolute atomic E-state index is 0.0518. The number of nitro benzene ring substituents is 1. The summed E-state index contributed by atoms with van der Waals surface area (Å²) in [6.07, 6.45) is 0.0518. The molecule has 0 saturated heterocycles. The molecule has 0 unspecified atom stereocenters. The fraction of sp³-hybridized carbons (Fsp3) is 0.333. The third kappa shape index (κ3) is 4.06. The van der Waals surface area contributed by atoms with E-state index in [-0.39, 0.29) is 24.2 Å². The number of carbonyl (C=O) groups excluding carboxylic acids is 2. The van der Waals surface area contributed by atoms with Gasteiger partial charge in [-0.3, -0.25) is 19.7 Å². The van der Waals surface area contributed by atoms with Crippen molar-refractivity contribution in [3.05, 3.63) is 39.4 Å². The van der Waals surface area contributed by atoms with Gasteiger partial charge in [0.1, 0.15) is 0 Å². The molecule has 0 aliphatic carbocycles. The number of benzene rings is 1. The number of nitro groups is 1.